The normalized spacial score (nSPS) is 17.3. The van der Waals surface area contributed by atoms with E-state index >= 15 is 0 Å². The number of hydrogen-bond acceptors (Lipinski definition) is 3. The van der Waals surface area contributed by atoms with E-state index in [0.717, 1.165) is 31.4 Å². The predicted molar refractivity (Wildman–Crippen MR) is 103 cm³/mol. The fraction of sp³-hybridized carbons (Fsp3) is 0.300. The lowest BCUT2D eigenvalue weighted by molar-refractivity contribution is -0.122. The molecule has 0 aromatic heterocycles. The standard InChI is InChI=1S/C20H22ClN3O2/c21-17-9-2-1-8-16(17)19(25)24-15-7-5-6-14(12-15)13-23-18-10-3-4-11-22-20(18)26/h1-2,5-9,12,18,23H,3-4,10-11,13H2,(H,22,26)(H,24,25). The van der Waals surface area contributed by atoms with Crippen LogP contribution in [0.2, 0.25) is 5.02 Å². The zero-order valence-corrected chi connectivity index (χ0v) is 15.2. The second-order valence-electron chi connectivity index (χ2n) is 6.35. The Morgan fingerprint density at radius 2 is 2.00 bits per heavy atom. The number of carbonyl (C=O) groups excluding carboxylic acids is 2. The Labute approximate surface area is 158 Å². The molecule has 1 heterocycles. The fourth-order valence-corrected chi connectivity index (χ4v) is 3.20. The van der Waals surface area contributed by atoms with Gasteiger partial charge in [-0.15, -0.1) is 0 Å². The van der Waals surface area contributed by atoms with Crippen LogP contribution in [0.5, 0.6) is 0 Å². The summed E-state index contributed by atoms with van der Waals surface area (Å²) in [6.07, 6.45) is 2.90. The van der Waals surface area contributed by atoms with Gasteiger partial charge in [-0.3, -0.25) is 9.59 Å². The molecule has 1 atom stereocenters. The van der Waals surface area contributed by atoms with Gasteiger partial charge in [-0.05, 0) is 49.1 Å². The van der Waals surface area contributed by atoms with E-state index in [4.69, 9.17) is 11.6 Å². The molecule has 0 aliphatic carbocycles. The highest BCUT2D eigenvalue weighted by molar-refractivity contribution is 6.34. The lowest BCUT2D eigenvalue weighted by atomic mass is 10.1. The molecule has 0 bridgehead atoms. The maximum atomic E-state index is 12.4. The lowest BCUT2D eigenvalue weighted by Crippen LogP contribution is -2.42. The van der Waals surface area contributed by atoms with E-state index in [9.17, 15) is 9.59 Å². The van der Waals surface area contributed by atoms with Crippen LogP contribution in [0.4, 0.5) is 5.69 Å². The molecule has 1 saturated heterocycles. The van der Waals surface area contributed by atoms with Gasteiger partial charge in [-0.2, -0.15) is 0 Å². The van der Waals surface area contributed by atoms with E-state index in [1.165, 1.54) is 0 Å². The molecule has 0 radical (unpaired) electrons. The molecule has 3 N–H and O–H groups in total. The van der Waals surface area contributed by atoms with E-state index in [0.29, 0.717) is 22.8 Å². The summed E-state index contributed by atoms with van der Waals surface area (Å²) in [6.45, 7) is 1.31. The summed E-state index contributed by atoms with van der Waals surface area (Å²) in [7, 11) is 0. The van der Waals surface area contributed by atoms with Crippen molar-refractivity contribution in [1.82, 2.24) is 10.6 Å². The number of amides is 2. The molecule has 2 aromatic rings. The molecular formula is C20H22ClN3O2. The summed E-state index contributed by atoms with van der Waals surface area (Å²) < 4.78 is 0. The highest BCUT2D eigenvalue weighted by Crippen LogP contribution is 2.18. The third kappa shape index (κ3) is 4.84. The monoisotopic (exact) mass is 371 g/mol. The third-order valence-corrected chi connectivity index (χ3v) is 4.72. The summed E-state index contributed by atoms with van der Waals surface area (Å²) >= 11 is 6.07. The van der Waals surface area contributed by atoms with Crippen molar-refractivity contribution < 1.29 is 9.59 Å². The largest absolute Gasteiger partial charge is 0.355 e. The second-order valence-corrected chi connectivity index (χ2v) is 6.76. The third-order valence-electron chi connectivity index (χ3n) is 4.39. The van der Waals surface area contributed by atoms with Crippen LogP contribution in [0.3, 0.4) is 0 Å². The van der Waals surface area contributed by atoms with Crippen molar-refractivity contribution in [3.63, 3.8) is 0 Å². The first-order chi connectivity index (χ1) is 12.6. The molecule has 1 aliphatic heterocycles. The van der Waals surface area contributed by atoms with Crippen molar-refractivity contribution in [2.45, 2.75) is 31.8 Å². The zero-order chi connectivity index (χ0) is 18.4. The molecule has 5 nitrogen and oxygen atoms in total. The van der Waals surface area contributed by atoms with Crippen LogP contribution < -0.4 is 16.0 Å². The summed E-state index contributed by atoms with van der Waals surface area (Å²) in [5.74, 6) is -0.186. The van der Waals surface area contributed by atoms with Gasteiger partial charge in [0.25, 0.3) is 5.91 Å². The summed E-state index contributed by atoms with van der Waals surface area (Å²) in [5.41, 5.74) is 2.13. The first-order valence-electron chi connectivity index (χ1n) is 8.79. The maximum Gasteiger partial charge on any atom is 0.257 e. The smallest absolute Gasteiger partial charge is 0.257 e. The Hall–Kier alpha value is -2.37. The molecule has 2 aromatic carbocycles. The molecule has 26 heavy (non-hydrogen) atoms. The van der Waals surface area contributed by atoms with Gasteiger partial charge in [0.1, 0.15) is 0 Å². The molecule has 1 unspecified atom stereocenters. The molecule has 2 amide bonds. The van der Waals surface area contributed by atoms with Gasteiger partial charge >= 0.3 is 0 Å². The van der Waals surface area contributed by atoms with Crippen LogP contribution in [-0.2, 0) is 11.3 Å². The Bertz CT molecular complexity index is 794. The van der Waals surface area contributed by atoms with Crippen LogP contribution in [0.25, 0.3) is 0 Å². The van der Waals surface area contributed by atoms with Gasteiger partial charge in [0.05, 0.1) is 16.6 Å². The van der Waals surface area contributed by atoms with Gasteiger partial charge in [-0.25, -0.2) is 0 Å². The first-order valence-corrected chi connectivity index (χ1v) is 9.17. The van der Waals surface area contributed by atoms with E-state index in [1.54, 1.807) is 24.3 Å². The topological polar surface area (TPSA) is 70.2 Å². The average Bonchev–Trinajstić information content (AvgIpc) is 2.85. The molecule has 3 rings (SSSR count). The van der Waals surface area contributed by atoms with Crippen molar-refractivity contribution in [3.05, 3.63) is 64.7 Å². The fourth-order valence-electron chi connectivity index (χ4n) is 2.98. The number of benzene rings is 2. The first kappa shape index (κ1) is 18.4. The van der Waals surface area contributed by atoms with Crippen LogP contribution in [-0.4, -0.2) is 24.4 Å². The average molecular weight is 372 g/mol. The number of carbonyl (C=O) groups is 2. The van der Waals surface area contributed by atoms with Crippen LogP contribution in [0, 0.1) is 0 Å². The zero-order valence-electron chi connectivity index (χ0n) is 14.4. The summed E-state index contributed by atoms with van der Waals surface area (Å²) in [6, 6.07) is 14.3. The number of anilines is 1. The van der Waals surface area contributed by atoms with Crippen molar-refractivity contribution >= 4 is 29.1 Å². The van der Waals surface area contributed by atoms with E-state index in [1.807, 2.05) is 24.3 Å². The Balaban J connectivity index is 1.62. The molecule has 0 spiro atoms. The highest BCUT2D eigenvalue weighted by Gasteiger charge is 2.19. The molecule has 6 heteroatoms. The van der Waals surface area contributed by atoms with Gasteiger partial charge in [-0.1, -0.05) is 35.9 Å². The Kier molecular flexibility index (Phi) is 6.26. The highest BCUT2D eigenvalue weighted by atomic mass is 35.5. The minimum atomic E-state index is -0.246. The summed E-state index contributed by atoms with van der Waals surface area (Å²) in [4.78, 5) is 24.4. The van der Waals surface area contributed by atoms with Crippen LogP contribution in [0.15, 0.2) is 48.5 Å². The Morgan fingerprint density at radius 1 is 1.15 bits per heavy atom. The quantitative estimate of drug-likeness (QED) is 0.754. The molecule has 1 fully saturated rings. The van der Waals surface area contributed by atoms with Crippen molar-refractivity contribution in [3.8, 4) is 0 Å². The number of halogens is 1. The molecular weight excluding hydrogens is 350 g/mol. The minimum absolute atomic E-state index is 0.0608. The van der Waals surface area contributed by atoms with Gasteiger partial charge in [0.15, 0.2) is 0 Å². The van der Waals surface area contributed by atoms with Gasteiger partial charge < -0.3 is 16.0 Å². The van der Waals surface area contributed by atoms with E-state index in [-0.39, 0.29) is 17.9 Å². The number of nitrogens with one attached hydrogen (secondary N) is 3. The van der Waals surface area contributed by atoms with Crippen LogP contribution >= 0.6 is 11.6 Å². The Morgan fingerprint density at radius 3 is 2.85 bits per heavy atom. The van der Waals surface area contributed by atoms with Crippen molar-refractivity contribution in [1.29, 1.82) is 0 Å². The van der Waals surface area contributed by atoms with Crippen molar-refractivity contribution in [2.75, 3.05) is 11.9 Å². The number of hydrogen-bond donors (Lipinski definition) is 3. The second kappa shape index (κ2) is 8.83. The predicted octanol–water partition coefficient (Wildman–Crippen LogP) is 3.35. The van der Waals surface area contributed by atoms with E-state index < -0.39 is 0 Å². The van der Waals surface area contributed by atoms with Gasteiger partial charge in [0, 0.05) is 18.8 Å². The molecule has 136 valence electrons. The van der Waals surface area contributed by atoms with Gasteiger partial charge in [0.2, 0.25) is 5.91 Å². The number of rotatable bonds is 5. The van der Waals surface area contributed by atoms with Crippen LogP contribution in [0.1, 0.15) is 35.2 Å². The summed E-state index contributed by atoms with van der Waals surface area (Å²) in [5, 5.41) is 9.51. The molecule has 1 aliphatic rings. The van der Waals surface area contributed by atoms with E-state index in [2.05, 4.69) is 16.0 Å². The minimum Gasteiger partial charge on any atom is -0.355 e. The lowest BCUT2D eigenvalue weighted by Gasteiger charge is -2.15. The SMILES string of the molecule is O=C(Nc1cccc(CNC2CCCCNC2=O)c1)c1ccccc1Cl. The maximum absolute atomic E-state index is 12.4. The molecule has 0 saturated carbocycles. The van der Waals surface area contributed by atoms with Crippen molar-refractivity contribution in [2.24, 2.45) is 0 Å².